The Hall–Kier alpha value is -1.30. The summed E-state index contributed by atoms with van der Waals surface area (Å²) in [6.07, 6.45) is -1.57. The highest BCUT2D eigenvalue weighted by Crippen LogP contribution is 2.15. The Kier molecular flexibility index (Phi) is 3.52. The third-order valence-electron chi connectivity index (χ3n) is 1.77. The van der Waals surface area contributed by atoms with Gasteiger partial charge in [-0.3, -0.25) is 9.53 Å². The molecule has 3 nitrogen and oxygen atoms in total. The van der Waals surface area contributed by atoms with Crippen LogP contribution >= 0.6 is 0 Å². The molecule has 0 aliphatic rings. The molecule has 15 heavy (non-hydrogen) atoms. The number of carbonyl (C=O) groups excluding carboxylic acids is 1. The zero-order valence-corrected chi connectivity index (χ0v) is 8.04. The van der Waals surface area contributed by atoms with E-state index in [0.29, 0.717) is 5.56 Å². The molecule has 0 atom stereocenters. The molecule has 0 amide bonds. The van der Waals surface area contributed by atoms with Gasteiger partial charge < -0.3 is 4.57 Å². The summed E-state index contributed by atoms with van der Waals surface area (Å²) in [6.45, 7) is 0.994. The fraction of sp³-hybridized carbons (Fsp3) is 0.444. The van der Waals surface area contributed by atoms with E-state index in [2.05, 4.69) is 4.74 Å². The Morgan fingerprint density at radius 1 is 1.53 bits per heavy atom. The number of hydrogen-bond donors (Lipinski definition) is 0. The van der Waals surface area contributed by atoms with E-state index in [1.54, 1.807) is 6.07 Å². The predicted octanol–water partition coefficient (Wildman–Crippen LogP) is 2.23. The molecule has 1 aromatic rings. The van der Waals surface area contributed by atoms with Crippen LogP contribution < -0.4 is 0 Å². The largest absolute Gasteiger partial charge is 0.522 e. The second-order valence-electron chi connectivity index (χ2n) is 2.99. The van der Waals surface area contributed by atoms with E-state index in [1.165, 1.54) is 23.9 Å². The first-order chi connectivity index (χ1) is 6.88. The molecular weight excluding hydrogens is 211 g/mol. The Bertz CT molecular complexity index is 343. The van der Waals surface area contributed by atoms with Crippen molar-refractivity contribution in [3.8, 4) is 0 Å². The summed E-state index contributed by atoms with van der Waals surface area (Å²) in [6, 6.07) is 1.55. The normalized spacial score (nSPS) is 11.7. The highest BCUT2D eigenvalue weighted by Gasteiger charge is 2.28. The summed E-state index contributed by atoms with van der Waals surface area (Å²) in [5.74, 6) is -0.120. The molecular formula is C9H10F3NO2. The molecule has 0 spiro atoms. The van der Waals surface area contributed by atoms with Crippen molar-refractivity contribution in [3.05, 3.63) is 24.0 Å². The Morgan fingerprint density at radius 3 is 2.67 bits per heavy atom. The van der Waals surface area contributed by atoms with Gasteiger partial charge >= 0.3 is 6.36 Å². The smallest absolute Gasteiger partial charge is 0.351 e. The average Bonchev–Trinajstić information content (AvgIpc) is 2.50. The molecule has 0 saturated heterocycles. The highest BCUT2D eigenvalue weighted by atomic mass is 19.4. The van der Waals surface area contributed by atoms with Crippen molar-refractivity contribution >= 4 is 5.78 Å². The van der Waals surface area contributed by atoms with Crippen LogP contribution in [0.3, 0.4) is 0 Å². The van der Waals surface area contributed by atoms with Crippen LogP contribution in [0.25, 0.3) is 0 Å². The van der Waals surface area contributed by atoms with Crippen LogP contribution in [0.1, 0.15) is 17.3 Å². The molecule has 0 saturated carbocycles. The lowest BCUT2D eigenvalue weighted by Crippen LogP contribution is -2.16. The lowest BCUT2D eigenvalue weighted by Gasteiger charge is -2.07. The summed E-state index contributed by atoms with van der Waals surface area (Å²) >= 11 is 0. The third-order valence-corrected chi connectivity index (χ3v) is 1.77. The fourth-order valence-corrected chi connectivity index (χ4v) is 1.05. The number of aromatic nitrogens is 1. The number of Topliss-reactive ketones (excluding diaryl/α,β-unsaturated/α-hetero) is 1. The maximum absolute atomic E-state index is 11.6. The van der Waals surface area contributed by atoms with Gasteiger partial charge in [-0.05, 0) is 13.0 Å². The Labute approximate surface area is 84.4 Å². The first-order valence-electron chi connectivity index (χ1n) is 4.26. The van der Waals surface area contributed by atoms with Crippen molar-refractivity contribution in [2.45, 2.75) is 19.8 Å². The summed E-state index contributed by atoms with van der Waals surface area (Å²) < 4.78 is 39.9. The first kappa shape index (κ1) is 11.8. The molecule has 0 bridgehead atoms. The number of rotatable bonds is 4. The van der Waals surface area contributed by atoms with Gasteiger partial charge in [0.15, 0.2) is 5.78 Å². The number of alkyl halides is 3. The van der Waals surface area contributed by atoms with Crippen LogP contribution in [0.2, 0.25) is 0 Å². The lowest BCUT2D eigenvalue weighted by atomic mass is 10.2. The average molecular weight is 221 g/mol. The van der Waals surface area contributed by atoms with Crippen LogP contribution in [-0.2, 0) is 11.3 Å². The topological polar surface area (TPSA) is 31.2 Å². The van der Waals surface area contributed by atoms with E-state index in [-0.39, 0.29) is 12.3 Å². The van der Waals surface area contributed by atoms with Crippen LogP contribution in [-0.4, -0.2) is 23.3 Å². The van der Waals surface area contributed by atoms with Crippen molar-refractivity contribution in [1.82, 2.24) is 4.57 Å². The van der Waals surface area contributed by atoms with E-state index in [4.69, 9.17) is 0 Å². The van der Waals surface area contributed by atoms with E-state index >= 15 is 0 Å². The standard InChI is InChI=1S/C9H10F3NO2/c1-7(14)8-2-3-13(6-8)4-5-15-9(10,11)12/h2-3,6H,4-5H2,1H3. The van der Waals surface area contributed by atoms with E-state index in [9.17, 15) is 18.0 Å². The zero-order valence-electron chi connectivity index (χ0n) is 8.04. The minimum absolute atomic E-state index is 0.0623. The van der Waals surface area contributed by atoms with Gasteiger partial charge in [-0.1, -0.05) is 0 Å². The van der Waals surface area contributed by atoms with Gasteiger partial charge in [-0.25, -0.2) is 0 Å². The number of carbonyl (C=O) groups is 1. The Morgan fingerprint density at radius 2 is 2.20 bits per heavy atom. The van der Waals surface area contributed by atoms with Crippen molar-refractivity contribution in [2.75, 3.05) is 6.61 Å². The second kappa shape index (κ2) is 4.48. The van der Waals surface area contributed by atoms with Crippen LogP contribution in [0.4, 0.5) is 13.2 Å². The van der Waals surface area contributed by atoms with Gasteiger partial charge in [-0.15, -0.1) is 13.2 Å². The quantitative estimate of drug-likeness (QED) is 0.730. The molecule has 0 fully saturated rings. The maximum atomic E-state index is 11.6. The minimum Gasteiger partial charge on any atom is -0.351 e. The van der Waals surface area contributed by atoms with Gasteiger partial charge in [-0.2, -0.15) is 0 Å². The molecule has 0 N–H and O–H groups in total. The lowest BCUT2D eigenvalue weighted by molar-refractivity contribution is -0.325. The number of hydrogen-bond acceptors (Lipinski definition) is 2. The van der Waals surface area contributed by atoms with Gasteiger partial charge in [0.05, 0.1) is 6.61 Å². The SMILES string of the molecule is CC(=O)c1ccn(CCOC(F)(F)F)c1. The Balaban J connectivity index is 2.41. The summed E-state index contributed by atoms with van der Waals surface area (Å²) in [5.41, 5.74) is 0.474. The molecule has 0 unspecified atom stereocenters. The molecule has 0 aliphatic heterocycles. The molecule has 84 valence electrons. The molecule has 1 rings (SSSR count). The van der Waals surface area contributed by atoms with E-state index < -0.39 is 13.0 Å². The van der Waals surface area contributed by atoms with Gasteiger partial charge in [0.2, 0.25) is 0 Å². The van der Waals surface area contributed by atoms with Crippen molar-refractivity contribution in [2.24, 2.45) is 0 Å². The molecule has 0 aliphatic carbocycles. The molecule has 6 heteroatoms. The number of ether oxygens (including phenoxy) is 1. The number of ketones is 1. The first-order valence-corrected chi connectivity index (χ1v) is 4.26. The predicted molar refractivity (Wildman–Crippen MR) is 46.4 cm³/mol. The van der Waals surface area contributed by atoms with E-state index in [0.717, 1.165) is 0 Å². The summed E-state index contributed by atoms with van der Waals surface area (Å²) in [5, 5.41) is 0. The van der Waals surface area contributed by atoms with Gasteiger partial charge in [0, 0.05) is 24.5 Å². The van der Waals surface area contributed by atoms with Crippen LogP contribution in [0.15, 0.2) is 18.5 Å². The van der Waals surface area contributed by atoms with Crippen molar-refractivity contribution in [1.29, 1.82) is 0 Å². The van der Waals surface area contributed by atoms with Crippen LogP contribution in [0.5, 0.6) is 0 Å². The fourth-order valence-electron chi connectivity index (χ4n) is 1.05. The number of halogens is 3. The third kappa shape index (κ3) is 4.16. The summed E-state index contributed by atoms with van der Waals surface area (Å²) in [4.78, 5) is 10.9. The highest BCUT2D eigenvalue weighted by molar-refractivity contribution is 5.93. The van der Waals surface area contributed by atoms with Crippen LogP contribution in [0, 0.1) is 0 Å². The minimum atomic E-state index is -4.60. The monoisotopic (exact) mass is 221 g/mol. The molecule has 1 aromatic heterocycles. The van der Waals surface area contributed by atoms with Crippen molar-refractivity contribution in [3.63, 3.8) is 0 Å². The summed E-state index contributed by atoms with van der Waals surface area (Å²) in [7, 11) is 0. The molecule has 0 radical (unpaired) electrons. The molecule has 1 heterocycles. The molecule has 0 aromatic carbocycles. The van der Waals surface area contributed by atoms with Gasteiger partial charge in [0.25, 0.3) is 0 Å². The number of nitrogens with zero attached hydrogens (tertiary/aromatic N) is 1. The zero-order chi connectivity index (χ0) is 11.5. The second-order valence-corrected chi connectivity index (χ2v) is 2.99. The van der Waals surface area contributed by atoms with E-state index in [1.807, 2.05) is 0 Å². The van der Waals surface area contributed by atoms with Gasteiger partial charge in [0.1, 0.15) is 0 Å². The maximum Gasteiger partial charge on any atom is 0.522 e. The van der Waals surface area contributed by atoms with Crippen molar-refractivity contribution < 1.29 is 22.7 Å².